The summed E-state index contributed by atoms with van der Waals surface area (Å²) in [4.78, 5) is 24.0. The summed E-state index contributed by atoms with van der Waals surface area (Å²) in [6.07, 6.45) is 9.29. The largest absolute Gasteiger partial charge is 0.348 e. The van der Waals surface area contributed by atoms with Gasteiger partial charge in [0.2, 0.25) is 11.0 Å². The monoisotopic (exact) mass is 374 g/mol. The zero-order valence-corrected chi connectivity index (χ0v) is 16.1. The van der Waals surface area contributed by atoms with E-state index in [1.54, 1.807) is 17.7 Å². The normalized spacial score (nSPS) is 20.1. The molecule has 0 unspecified atom stereocenters. The molecule has 4 heterocycles. The maximum absolute atomic E-state index is 12.4. The number of aromatic nitrogens is 4. The number of aromatic amines is 1. The predicted molar refractivity (Wildman–Crippen MR) is 101 cm³/mol. The lowest BCUT2D eigenvalue weighted by molar-refractivity contribution is -0.138. The first kappa shape index (κ1) is 17.5. The van der Waals surface area contributed by atoms with Gasteiger partial charge in [0.15, 0.2) is 0 Å². The first-order valence-electron chi connectivity index (χ1n) is 9.50. The van der Waals surface area contributed by atoms with E-state index in [0.29, 0.717) is 12.3 Å². The molecular formula is C18H26N6OS. The summed E-state index contributed by atoms with van der Waals surface area (Å²) in [6.45, 7) is 5.82. The van der Waals surface area contributed by atoms with Crippen LogP contribution in [0.3, 0.4) is 0 Å². The summed E-state index contributed by atoms with van der Waals surface area (Å²) in [7, 11) is 0. The molecule has 0 radical (unpaired) electrons. The molecule has 0 atom stereocenters. The van der Waals surface area contributed by atoms with Crippen LogP contribution in [0.5, 0.6) is 0 Å². The Hall–Kier alpha value is -1.96. The number of amides is 1. The van der Waals surface area contributed by atoms with Crippen LogP contribution in [0.1, 0.15) is 43.3 Å². The van der Waals surface area contributed by atoms with Gasteiger partial charge in [0, 0.05) is 50.9 Å². The summed E-state index contributed by atoms with van der Waals surface area (Å²) in [5, 5.41) is 10.8. The van der Waals surface area contributed by atoms with E-state index in [-0.39, 0.29) is 5.41 Å². The summed E-state index contributed by atoms with van der Waals surface area (Å²) >= 11 is 1.71. The number of rotatable bonds is 5. The van der Waals surface area contributed by atoms with Crippen molar-refractivity contribution >= 4 is 22.4 Å². The van der Waals surface area contributed by atoms with Gasteiger partial charge < -0.3 is 14.8 Å². The van der Waals surface area contributed by atoms with Gasteiger partial charge in [-0.25, -0.2) is 4.98 Å². The minimum atomic E-state index is 0.274. The van der Waals surface area contributed by atoms with Crippen LogP contribution in [-0.2, 0) is 17.6 Å². The zero-order valence-electron chi connectivity index (χ0n) is 15.3. The molecule has 4 rings (SSSR count). The van der Waals surface area contributed by atoms with Gasteiger partial charge >= 0.3 is 0 Å². The minimum absolute atomic E-state index is 0.274. The number of piperidine rings is 2. The molecule has 1 N–H and O–H groups in total. The molecule has 2 aliphatic heterocycles. The number of nitrogens with one attached hydrogen (secondary N) is 1. The van der Waals surface area contributed by atoms with E-state index in [4.69, 9.17) is 0 Å². The highest BCUT2D eigenvalue weighted by molar-refractivity contribution is 7.15. The van der Waals surface area contributed by atoms with Gasteiger partial charge in [0.05, 0.1) is 6.33 Å². The fourth-order valence-electron chi connectivity index (χ4n) is 4.08. The molecular weight excluding hydrogens is 348 g/mol. The topological polar surface area (TPSA) is 78.0 Å². The maximum atomic E-state index is 12.4. The molecule has 140 valence electrons. The molecule has 2 aromatic rings. The Bertz CT molecular complexity index is 735. The first-order valence-corrected chi connectivity index (χ1v) is 10.3. The molecule has 2 saturated heterocycles. The van der Waals surface area contributed by atoms with Crippen molar-refractivity contribution in [3.8, 4) is 0 Å². The van der Waals surface area contributed by atoms with Crippen LogP contribution in [-0.4, -0.2) is 57.2 Å². The number of aryl methyl sites for hydroxylation is 1. The Morgan fingerprint density at radius 1 is 1.27 bits per heavy atom. The number of carbonyl (C=O) groups is 1. The second kappa shape index (κ2) is 7.34. The molecule has 2 aliphatic rings. The highest BCUT2D eigenvalue weighted by Crippen LogP contribution is 2.41. The van der Waals surface area contributed by atoms with Crippen molar-refractivity contribution in [2.45, 2.75) is 45.4 Å². The third kappa shape index (κ3) is 3.60. The van der Waals surface area contributed by atoms with Crippen LogP contribution in [0, 0.1) is 5.41 Å². The van der Waals surface area contributed by atoms with Gasteiger partial charge in [-0.05, 0) is 31.1 Å². The highest BCUT2D eigenvalue weighted by Gasteiger charge is 2.41. The second-order valence-electron chi connectivity index (χ2n) is 7.46. The van der Waals surface area contributed by atoms with E-state index in [9.17, 15) is 4.79 Å². The van der Waals surface area contributed by atoms with E-state index in [1.165, 1.54) is 0 Å². The van der Waals surface area contributed by atoms with E-state index in [2.05, 4.69) is 36.9 Å². The Balaban J connectivity index is 1.35. The van der Waals surface area contributed by atoms with E-state index in [0.717, 1.165) is 74.1 Å². The molecule has 7 nitrogen and oxygen atoms in total. The molecule has 0 aromatic carbocycles. The van der Waals surface area contributed by atoms with Crippen LogP contribution in [0.25, 0.3) is 0 Å². The van der Waals surface area contributed by atoms with Crippen LogP contribution in [0.2, 0.25) is 0 Å². The summed E-state index contributed by atoms with van der Waals surface area (Å²) in [5.41, 5.74) is 1.37. The number of carbonyl (C=O) groups excluding carboxylic acids is 1. The lowest BCUT2D eigenvalue weighted by atomic mass is 9.72. The smallest absolute Gasteiger partial charge is 0.222 e. The predicted octanol–water partition coefficient (Wildman–Crippen LogP) is 2.28. The van der Waals surface area contributed by atoms with Crippen LogP contribution >= 0.6 is 11.3 Å². The Kier molecular flexibility index (Phi) is 4.93. The second-order valence-corrected chi connectivity index (χ2v) is 8.50. The molecule has 2 aromatic heterocycles. The van der Waals surface area contributed by atoms with Gasteiger partial charge in [0.1, 0.15) is 5.01 Å². The number of imidazole rings is 1. The molecule has 0 bridgehead atoms. The number of H-pyrrole nitrogens is 1. The molecule has 26 heavy (non-hydrogen) atoms. The molecule has 0 aliphatic carbocycles. The molecule has 1 spiro atoms. The Labute approximate surface area is 157 Å². The molecule has 1 amide bonds. The molecule has 8 heteroatoms. The fraction of sp³-hybridized carbons (Fsp3) is 0.667. The summed E-state index contributed by atoms with van der Waals surface area (Å²) in [6, 6.07) is 0. The van der Waals surface area contributed by atoms with Gasteiger partial charge in [-0.15, -0.1) is 10.2 Å². The summed E-state index contributed by atoms with van der Waals surface area (Å²) in [5.74, 6) is 0.300. The molecule has 0 saturated carbocycles. The standard InChI is InChI=1S/C18H26N6OS/c1-2-15-21-22-17(26-15)23-9-6-18(7-10-23)5-3-16(25)24(12-18)8-4-14-11-19-13-20-14/h11,13H,2-10,12H2,1H3,(H,19,20). The maximum Gasteiger partial charge on any atom is 0.222 e. The van der Waals surface area contributed by atoms with Crippen molar-refractivity contribution in [3.05, 3.63) is 23.2 Å². The van der Waals surface area contributed by atoms with Gasteiger partial charge in [-0.1, -0.05) is 18.3 Å². The van der Waals surface area contributed by atoms with Crippen molar-refractivity contribution in [2.75, 3.05) is 31.1 Å². The zero-order chi connectivity index (χ0) is 18.0. The molecule has 2 fully saturated rings. The van der Waals surface area contributed by atoms with Gasteiger partial charge in [-0.2, -0.15) is 0 Å². The third-order valence-corrected chi connectivity index (χ3v) is 6.94. The first-order chi connectivity index (χ1) is 12.7. The SMILES string of the molecule is CCc1nnc(N2CCC3(CCC(=O)N(CCc4cnc[nH]4)C3)CC2)s1. The number of hydrogen-bond acceptors (Lipinski definition) is 6. The minimum Gasteiger partial charge on any atom is -0.348 e. The number of anilines is 1. The summed E-state index contributed by atoms with van der Waals surface area (Å²) < 4.78 is 0. The highest BCUT2D eigenvalue weighted by atomic mass is 32.1. The third-order valence-electron chi connectivity index (χ3n) is 5.81. The van der Waals surface area contributed by atoms with Gasteiger partial charge in [-0.3, -0.25) is 4.79 Å². The van der Waals surface area contributed by atoms with E-state index in [1.807, 2.05) is 6.20 Å². The van der Waals surface area contributed by atoms with Crippen molar-refractivity contribution in [2.24, 2.45) is 5.41 Å². The Morgan fingerprint density at radius 3 is 2.81 bits per heavy atom. The number of nitrogens with zero attached hydrogens (tertiary/aromatic N) is 5. The average molecular weight is 375 g/mol. The lowest BCUT2D eigenvalue weighted by Gasteiger charge is -2.47. The van der Waals surface area contributed by atoms with Crippen molar-refractivity contribution in [1.29, 1.82) is 0 Å². The fourth-order valence-corrected chi connectivity index (χ4v) is 4.91. The quantitative estimate of drug-likeness (QED) is 0.869. The van der Waals surface area contributed by atoms with E-state index >= 15 is 0 Å². The van der Waals surface area contributed by atoms with Gasteiger partial charge in [0.25, 0.3) is 0 Å². The van der Waals surface area contributed by atoms with E-state index < -0.39 is 0 Å². The van der Waals surface area contributed by atoms with Crippen LogP contribution in [0.4, 0.5) is 5.13 Å². The van der Waals surface area contributed by atoms with Crippen LogP contribution < -0.4 is 4.90 Å². The average Bonchev–Trinajstić information content (AvgIpc) is 3.35. The van der Waals surface area contributed by atoms with Crippen molar-refractivity contribution in [3.63, 3.8) is 0 Å². The number of likely N-dealkylation sites (tertiary alicyclic amines) is 1. The number of hydrogen-bond donors (Lipinski definition) is 1. The lowest BCUT2D eigenvalue weighted by Crippen LogP contribution is -2.52. The van der Waals surface area contributed by atoms with Crippen molar-refractivity contribution in [1.82, 2.24) is 25.1 Å². The van der Waals surface area contributed by atoms with Crippen LogP contribution in [0.15, 0.2) is 12.5 Å². The van der Waals surface area contributed by atoms with Crippen molar-refractivity contribution < 1.29 is 4.79 Å². The Morgan fingerprint density at radius 2 is 2.12 bits per heavy atom.